The Morgan fingerprint density at radius 3 is 2.52 bits per heavy atom. The van der Waals surface area contributed by atoms with Gasteiger partial charge in [-0.3, -0.25) is 13.9 Å². The number of para-hydroxylation sites is 1. The van der Waals surface area contributed by atoms with E-state index in [2.05, 4.69) is 10.3 Å². The second kappa shape index (κ2) is 6.84. The van der Waals surface area contributed by atoms with Crippen molar-refractivity contribution in [3.8, 4) is 5.75 Å². The van der Waals surface area contributed by atoms with Crippen LogP contribution in [0.25, 0.3) is 11.2 Å². The Hall–Kier alpha value is -3.03. The number of hydrogen-bond acceptors (Lipinski definition) is 5. The van der Waals surface area contributed by atoms with Crippen molar-refractivity contribution in [3.05, 3.63) is 51.2 Å². The van der Waals surface area contributed by atoms with E-state index in [9.17, 15) is 9.59 Å². The van der Waals surface area contributed by atoms with Gasteiger partial charge in [-0.1, -0.05) is 18.2 Å². The van der Waals surface area contributed by atoms with E-state index < -0.39 is 5.69 Å². The summed E-state index contributed by atoms with van der Waals surface area (Å²) in [6.07, 6.45) is 0.695. The van der Waals surface area contributed by atoms with Gasteiger partial charge in [0.25, 0.3) is 5.56 Å². The molecule has 8 nitrogen and oxygen atoms in total. The molecule has 0 aliphatic carbocycles. The molecule has 0 aliphatic heterocycles. The Kier molecular flexibility index (Phi) is 4.60. The number of aryl methyl sites for hydroxylation is 2. The summed E-state index contributed by atoms with van der Waals surface area (Å²) < 4.78 is 9.97. The van der Waals surface area contributed by atoms with Crippen molar-refractivity contribution in [2.75, 3.05) is 19.0 Å². The molecule has 2 heterocycles. The van der Waals surface area contributed by atoms with E-state index >= 15 is 0 Å². The highest BCUT2D eigenvalue weighted by Gasteiger charge is 2.18. The Balaban J connectivity index is 1.88. The number of aromatic nitrogens is 4. The molecule has 0 amide bonds. The maximum absolute atomic E-state index is 12.5. The largest absolute Gasteiger partial charge is 0.494 e. The molecular weight excluding hydrogens is 322 g/mol. The quantitative estimate of drug-likeness (QED) is 0.674. The number of nitrogens with zero attached hydrogens (tertiary/aromatic N) is 4. The molecule has 3 aromatic rings. The van der Waals surface area contributed by atoms with E-state index in [4.69, 9.17) is 4.74 Å². The molecular formula is C17H21N5O3. The standard InChI is InChI=1S/C17H21N5O3/c1-18-16-19-14-13(15(23)21(3)17(24)20(14)2)22(16)10-7-11-25-12-8-5-4-6-9-12/h4-6,8-9H,7,10-11H2,1-3H3,(H,18,19). The maximum atomic E-state index is 12.5. The zero-order chi connectivity index (χ0) is 18.0. The lowest BCUT2D eigenvalue weighted by Gasteiger charge is -2.10. The summed E-state index contributed by atoms with van der Waals surface area (Å²) in [6.45, 7) is 1.06. The average Bonchev–Trinajstić information content (AvgIpc) is 3.01. The van der Waals surface area contributed by atoms with Crippen molar-refractivity contribution in [3.63, 3.8) is 0 Å². The van der Waals surface area contributed by atoms with E-state index in [1.165, 1.54) is 11.6 Å². The van der Waals surface area contributed by atoms with E-state index in [1.807, 2.05) is 30.3 Å². The SMILES string of the molecule is CNc1nc2c(c(=O)n(C)c(=O)n2C)n1CCCOc1ccccc1. The van der Waals surface area contributed by atoms with E-state index in [0.29, 0.717) is 36.7 Å². The Morgan fingerprint density at radius 2 is 1.84 bits per heavy atom. The average molecular weight is 343 g/mol. The molecule has 2 aromatic heterocycles. The molecule has 3 rings (SSSR count). The van der Waals surface area contributed by atoms with Gasteiger partial charge in [0, 0.05) is 27.7 Å². The summed E-state index contributed by atoms with van der Waals surface area (Å²) in [4.78, 5) is 29.0. The van der Waals surface area contributed by atoms with Crippen LogP contribution in [0.1, 0.15) is 6.42 Å². The monoisotopic (exact) mass is 343 g/mol. The first-order valence-corrected chi connectivity index (χ1v) is 8.06. The van der Waals surface area contributed by atoms with Gasteiger partial charge in [0.15, 0.2) is 11.2 Å². The molecule has 0 radical (unpaired) electrons. The van der Waals surface area contributed by atoms with Crippen molar-refractivity contribution in [2.24, 2.45) is 14.1 Å². The van der Waals surface area contributed by atoms with Crippen LogP contribution in [-0.4, -0.2) is 32.3 Å². The van der Waals surface area contributed by atoms with Crippen molar-refractivity contribution < 1.29 is 4.74 Å². The summed E-state index contributed by atoms with van der Waals surface area (Å²) >= 11 is 0. The normalized spacial score (nSPS) is 11.0. The van der Waals surface area contributed by atoms with Crippen LogP contribution in [0, 0.1) is 0 Å². The lowest BCUT2D eigenvalue weighted by atomic mass is 10.3. The third-order valence-electron chi connectivity index (χ3n) is 4.11. The summed E-state index contributed by atoms with van der Waals surface area (Å²) in [6, 6.07) is 9.57. The van der Waals surface area contributed by atoms with Crippen molar-refractivity contribution in [2.45, 2.75) is 13.0 Å². The number of anilines is 1. The molecule has 0 aliphatic rings. The molecule has 0 bridgehead atoms. The topological polar surface area (TPSA) is 83.1 Å². The van der Waals surface area contributed by atoms with Crippen LogP contribution in [0.5, 0.6) is 5.75 Å². The van der Waals surface area contributed by atoms with Crippen LogP contribution in [0.4, 0.5) is 5.95 Å². The highest BCUT2D eigenvalue weighted by Crippen LogP contribution is 2.16. The second-order valence-corrected chi connectivity index (χ2v) is 5.73. The fourth-order valence-electron chi connectivity index (χ4n) is 2.78. The van der Waals surface area contributed by atoms with Gasteiger partial charge in [-0.05, 0) is 18.6 Å². The van der Waals surface area contributed by atoms with Crippen LogP contribution in [-0.2, 0) is 20.6 Å². The number of nitrogens with one attached hydrogen (secondary N) is 1. The van der Waals surface area contributed by atoms with Gasteiger partial charge in [0.05, 0.1) is 6.61 Å². The number of ether oxygens (including phenoxy) is 1. The van der Waals surface area contributed by atoms with Crippen LogP contribution in [0.2, 0.25) is 0 Å². The third-order valence-corrected chi connectivity index (χ3v) is 4.11. The van der Waals surface area contributed by atoms with E-state index in [0.717, 1.165) is 10.3 Å². The molecule has 8 heteroatoms. The van der Waals surface area contributed by atoms with Crippen LogP contribution in [0.3, 0.4) is 0 Å². The Labute approximate surface area is 144 Å². The molecule has 0 spiro atoms. The fraction of sp³-hybridized carbons (Fsp3) is 0.353. The summed E-state index contributed by atoms with van der Waals surface area (Å²) in [5.41, 5.74) is 0.0448. The minimum atomic E-state index is -0.391. The van der Waals surface area contributed by atoms with Gasteiger partial charge in [0.1, 0.15) is 5.75 Å². The smallest absolute Gasteiger partial charge is 0.332 e. The van der Waals surface area contributed by atoms with Crippen LogP contribution in [0.15, 0.2) is 39.9 Å². The first-order valence-electron chi connectivity index (χ1n) is 8.06. The number of imidazole rings is 1. The first kappa shape index (κ1) is 16.8. The second-order valence-electron chi connectivity index (χ2n) is 5.73. The van der Waals surface area contributed by atoms with Crippen LogP contribution < -0.4 is 21.3 Å². The number of hydrogen-bond donors (Lipinski definition) is 1. The molecule has 0 saturated carbocycles. The molecule has 25 heavy (non-hydrogen) atoms. The minimum absolute atomic E-state index is 0.351. The van der Waals surface area contributed by atoms with Gasteiger partial charge >= 0.3 is 5.69 Å². The van der Waals surface area contributed by atoms with Gasteiger partial charge in [-0.15, -0.1) is 0 Å². The summed E-state index contributed by atoms with van der Waals surface area (Å²) in [5, 5.41) is 2.98. The summed E-state index contributed by atoms with van der Waals surface area (Å²) in [7, 11) is 4.82. The van der Waals surface area contributed by atoms with Crippen molar-refractivity contribution >= 4 is 17.1 Å². The lowest BCUT2D eigenvalue weighted by Crippen LogP contribution is -2.37. The first-order chi connectivity index (χ1) is 12.0. The molecule has 0 unspecified atom stereocenters. The fourth-order valence-corrected chi connectivity index (χ4v) is 2.78. The van der Waals surface area contributed by atoms with E-state index in [1.54, 1.807) is 18.7 Å². The summed E-state index contributed by atoms with van der Waals surface area (Å²) in [5.74, 6) is 1.36. The predicted molar refractivity (Wildman–Crippen MR) is 96.3 cm³/mol. The molecule has 0 saturated heterocycles. The lowest BCUT2D eigenvalue weighted by molar-refractivity contribution is 0.303. The van der Waals surface area contributed by atoms with Crippen molar-refractivity contribution in [1.82, 2.24) is 18.7 Å². The Morgan fingerprint density at radius 1 is 1.12 bits per heavy atom. The molecule has 0 fully saturated rings. The van der Waals surface area contributed by atoms with E-state index in [-0.39, 0.29) is 5.56 Å². The number of benzene rings is 1. The van der Waals surface area contributed by atoms with Gasteiger partial charge in [-0.2, -0.15) is 4.98 Å². The highest BCUT2D eigenvalue weighted by molar-refractivity contribution is 5.74. The highest BCUT2D eigenvalue weighted by atomic mass is 16.5. The Bertz CT molecular complexity index is 1000. The third kappa shape index (κ3) is 3.02. The molecule has 132 valence electrons. The molecule has 1 N–H and O–H groups in total. The number of rotatable bonds is 6. The predicted octanol–water partition coefficient (Wildman–Crippen LogP) is 0.944. The molecule has 1 aromatic carbocycles. The maximum Gasteiger partial charge on any atom is 0.332 e. The van der Waals surface area contributed by atoms with Gasteiger partial charge in [-0.25, -0.2) is 4.79 Å². The van der Waals surface area contributed by atoms with Crippen molar-refractivity contribution in [1.29, 1.82) is 0 Å². The van der Waals surface area contributed by atoms with Gasteiger partial charge in [0.2, 0.25) is 5.95 Å². The zero-order valence-corrected chi connectivity index (χ0v) is 14.5. The van der Waals surface area contributed by atoms with Crippen LogP contribution >= 0.6 is 0 Å². The zero-order valence-electron chi connectivity index (χ0n) is 14.5. The minimum Gasteiger partial charge on any atom is -0.494 e. The number of fused-ring (bicyclic) bond motifs is 1. The molecule has 0 atom stereocenters. The van der Waals surface area contributed by atoms with Gasteiger partial charge < -0.3 is 14.6 Å².